The Balaban J connectivity index is 2.08. The van der Waals surface area contributed by atoms with Crippen molar-refractivity contribution in [3.63, 3.8) is 0 Å². The summed E-state index contributed by atoms with van der Waals surface area (Å²) < 4.78 is 3.02. The summed E-state index contributed by atoms with van der Waals surface area (Å²) in [5, 5.41) is 4.54. The van der Waals surface area contributed by atoms with Gasteiger partial charge in [0.2, 0.25) is 0 Å². The van der Waals surface area contributed by atoms with Gasteiger partial charge in [0.25, 0.3) is 0 Å². The van der Waals surface area contributed by atoms with Crippen molar-refractivity contribution in [2.75, 3.05) is 0 Å². The molecule has 5 heteroatoms. The molecule has 0 spiro atoms. The highest BCUT2D eigenvalue weighted by Gasteiger charge is 2.14. The van der Waals surface area contributed by atoms with Crippen molar-refractivity contribution < 1.29 is 4.79 Å². The average Bonchev–Trinajstić information content (AvgIpc) is 3.00. The summed E-state index contributed by atoms with van der Waals surface area (Å²) in [6.07, 6.45) is 4.47. The summed E-state index contributed by atoms with van der Waals surface area (Å²) in [5.41, 5.74) is 1.96. The fourth-order valence-electron chi connectivity index (χ4n) is 2.19. The molecule has 0 aliphatic carbocycles. The third-order valence-electron chi connectivity index (χ3n) is 3.45. The lowest BCUT2D eigenvalue weighted by molar-refractivity contribution is 0.0995. The molecule has 2 rings (SSSR count). The molecule has 0 saturated heterocycles. The van der Waals surface area contributed by atoms with E-state index in [4.69, 9.17) is 0 Å². The van der Waals surface area contributed by atoms with E-state index in [0.29, 0.717) is 12.5 Å². The summed E-state index contributed by atoms with van der Waals surface area (Å²) in [6.45, 7) is 6.32. The first-order valence-corrected chi connectivity index (χ1v) is 8.49. The zero-order valence-corrected chi connectivity index (χ0v) is 14.4. The molecule has 0 aliphatic rings. The average molecular weight is 355 g/mol. The second-order valence-corrected chi connectivity index (χ2v) is 7.29. The molecule has 0 bridgehead atoms. The maximum absolute atomic E-state index is 12.2. The van der Waals surface area contributed by atoms with Crippen molar-refractivity contribution in [3.05, 3.63) is 38.3 Å². The van der Waals surface area contributed by atoms with Crippen molar-refractivity contribution in [1.29, 1.82) is 0 Å². The van der Waals surface area contributed by atoms with E-state index in [1.807, 2.05) is 29.9 Å². The zero-order chi connectivity index (χ0) is 14.7. The predicted molar refractivity (Wildman–Crippen MR) is 86.6 cm³/mol. The molecule has 2 heterocycles. The van der Waals surface area contributed by atoms with Gasteiger partial charge in [-0.2, -0.15) is 5.10 Å². The van der Waals surface area contributed by atoms with Gasteiger partial charge in [0.1, 0.15) is 0 Å². The lowest BCUT2D eigenvalue weighted by atomic mass is 10.2. The molecule has 0 amide bonds. The number of aromatic nitrogens is 2. The Hall–Kier alpha value is -0.940. The first kappa shape index (κ1) is 15.4. The van der Waals surface area contributed by atoms with Crippen LogP contribution in [0, 0.1) is 6.92 Å². The highest BCUT2D eigenvalue weighted by Crippen LogP contribution is 2.28. The van der Waals surface area contributed by atoms with Crippen molar-refractivity contribution in [1.82, 2.24) is 9.78 Å². The van der Waals surface area contributed by atoms with E-state index in [1.54, 1.807) is 0 Å². The van der Waals surface area contributed by atoms with Gasteiger partial charge in [-0.1, -0.05) is 13.8 Å². The standard InChI is InChI=1S/C15H19BrN2OS/c1-4-12(5-2)18-7-6-11(17-18)9-13(19)14-8-10(3)15(16)20-14/h6-8,12H,4-5,9H2,1-3H3. The van der Waals surface area contributed by atoms with Gasteiger partial charge >= 0.3 is 0 Å². The van der Waals surface area contributed by atoms with Crippen LogP contribution < -0.4 is 0 Å². The van der Waals surface area contributed by atoms with Gasteiger partial charge in [0.05, 0.1) is 26.8 Å². The van der Waals surface area contributed by atoms with Crippen LogP contribution in [0.3, 0.4) is 0 Å². The summed E-state index contributed by atoms with van der Waals surface area (Å²) in [6, 6.07) is 4.32. The third-order valence-corrected chi connectivity index (χ3v) is 5.63. The van der Waals surface area contributed by atoms with Gasteiger partial charge in [-0.3, -0.25) is 9.48 Å². The van der Waals surface area contributed by atoms with E-state index in [1.165, 1.54) is 11.3 Å². The Kier molecular flexibility index (Phi) is 5.16. The molecule has 0 fully saturated rings. The second kappa shape index (κ2) is 6.68. The highest BCUT2D eigenvalue weighted by molar-refractivity contribution is 9.11. The number of rotatable bonds is 6. The maximum atomic E-state index is 12.2. The Labute approximate surface area is 132 Å². The Morgan fingerprint density at radius 2 is 2.15 bits per heavy atom. The number of thiophene rings is 1. The number of Topliss-reactive ketones (excluding diaryl/α,β-unsaturated/α-hetero) is 1. The van der Waals surface area contributed by atoms with Crippen LogP contribution in [0.5, 0.6) is 0 Å². The number of nitrogens with zero attached hydrogens (tertiary/aromatic N) is 2. The molecule has 0 N–H and O–H groups in total. The molecule has 2 aromatic heterocycles. The first-order valence-electron chi connectivity index (χ1n) is 6.88. The van der Waals surface area contributed by atoms with Crippen LogP contribution in [0.2, 0.25) is 0 Å². The van der Waals surface area contributed by atoms with Crippen molar-refractivity contribution in [2.24, 2.45) is 0 Å². The number of ketones is 1. The Bertz CT molecular complexity index is 579. The minimum Gasteiger partial charge on any atom is -0.293 e. The van der Waals surface area contributed by atoms with Crippen molar-refractivity contribution in [3.8, 4) is 0 Å². The molecule has 0 aliphatic heterocycles. The van der Waals surface area contributed by atoms with Gasteiger partial charge in [0.15, 0.2) is 5.78 Å². The van der Waals surface area contributed by atoms with Gasteiger partial charge in [-0.05, 0) is 53.4 Å². The van der Waals surface area contributed by atoms with Crippen LogP contribution in [-0.4, -0.2) is 15.6 Å². The van der Waals surface area contributed by atoms with Gasteiger partial charge < -0.3 is 0 Å². The van der Waals surface area contributed by atoms with Crippen LogP contribution in [0.1, 0.15) is 53.7 Å². The van der Waals surface area contributed by atoms with E-state index in [2.05, 4.69) is 34.9 Å². The number of hydrogen-bond donors (Lipinski definition) is 0. The number of carbonyl (C=O) groups excluding carboxylic acids is 1. The van der Waals surface area contributed by atoms with E-state index < -0.39 is 0 Å². The number of halogens is 1. The largest absolute Gasteiger partial charge is 0.293 e. The molecule has 0 saturated carbocycles. The number of hydrogen-bond acceptors (Lipinski definition) is 3. The molecule has 0 atom stereocenters. The van der Waals surface area contributed by atoms with Gasteiger partial charge in [-0.15, -0.1) is 11.3 Å². The minimum atomic E-state index is 0.138. The Morgan fingerprint density at radius 3 is 2.70 bits per heavy atom. The van der Waals surface area contributed by atoms with Crippen molar-refractivity contribution in [2.45, 2.75) is 46.1 Å². The highest BCUT2D eigenvalue weighted by atomic mass is 79.9. The Morgan fingerprint density at radius 1 is 1.45 bits per heavy atom. The number of aryl methyl sites for hydroxylation is 1. The molecule has 108 valence electrons. The molecule has 3 nitrogen and oxygen atoms in total. The summed E-state index contributed by atoms with van der Waals surface area (Å²) in [5.74, 6) is 0.138. The van der Waals surface area contributed by atoms with Gasteiger partial charge in [0, 0.05) is 6.20 Å². The molecule has 20 heavy (non-hydrogen) atoms. The molecule has 0 unspecified atom stereocenters. The number of carbonyl (C=O) groups is 1. The van der Waals surface area contributed by atoms with Crippen molar-refractivity contribution >= 4 is 33.0 Å². The minimum absolute atomic E-state index is 0.138. The zero-order valence-electron chi connectivity index (χ0n) is 12.0. The predicted octanol–water partition coefficient (Wildman–Crippen LogP) is 4.80. The van der Waals surface area contributed by atoms with Crippen LogP contribution in [-0.2, 0) is 6.42 Å². The second-order valence-electron chi connectivity index (χ2n) is 4.92. The fourth-order valence-corrected chi connectivity index (χ4v) is 3.66. The quantitative estimate of drug-likeness (QED) is 0.698. The molecule has 0 radical (unpaired) electrons. The van der Waals surface area contributed by atoms with E-state index in [9.17, 15) is 4.79 Å². The van der Waals surface area contributed by atoms with Gasteiger partial charge in [-0.25, -0.2) is 0 Å². The normalized spacial score (nSPS) is 11.2. The van der Waals surface area contributed by atoms with Crippen LogP contribution in [0.15, 0.2) is 22.1 Å². The molecular formula is C15H19BrN2OS. The van der Waals surface area contributed by atoms with E-state index >= 15 is 0 Å². The molecule has 0 aromatic carbocycles. The SMILES string of the molecule is CCC(CC)n1ccc(CC(=O)c2cc(C)c(Br)s2)n1. The maximum Gasteiger partial charge on any atom is 0.178 e. The van der Waals surface area contributed by atoms with E-state index in [0.717, 1.165) is 32.8 Å². The van der Waals surface area contributed by atoms with E-state index in [-0.39, 0.29) is 5.78 Å². The fraction of sp³-hybridized carbons (Fsp3) is 0.467. The third kappa shape index (κ3) is 3.38. The first-order chi connectivity index (χ1) is 9.55. The van der Waals surface area contributed by atoms with Crippen LogP contribution >= 0.6 is 27.3 Å². The topological polar surface area (TPSA) is 34.9 Å². The summed E-state index contributed by atoms with van der Waals surface area (Å²) in [7, 11) is 0. The monoisotopic (exact) mass is 354 g/mol. The summed E-state index contributed by atoms with van der Waals surface area (Å²) in [4.78, 5) is 13.0. The molecular weight excluding hydrogens is 336 g/mol. The lowest BCUT2D eigenvalue weighted by Gasteiger charge is -2.12. The smallest absolute Gasteiger partial charge is 0.178 e. The van der Waals surface area contributed by atoms with Crippen LogP contribution in [0.25, 0.3) is 0 Å². The van der Waals surface area contributed by atoms with Crippen LogP contribution in [0.4, 0.5) is 0 Å². The lowest BCUT2D eigenvalue weighted by Crippen LogP contribution is -2.09. The molecule has 2 aromatic rings. The summed E-state index contributed by atoms with van der Waals surface area (Å²) >= 11 is 4.95.